The monoisotopic (exact) mass is 388 g/mol. The van der Waals surface area contributed by atoms with Gasteiger partial charge in [0.05, 0.1) is 18.4 Å². The van der Waals surface area contributed by atoms with Crippen LogP contribution in [0.4, 0.5) is 24.8 Å². The van der Waals surface area contributed by atoms with Crippen LogP contribution in [0.2, 0.25) is 0 Å². The molecule has 2 N–H and O–H groups in total. The molecule has 0 atom stereocenters. The Kier molecular flexibility index (Phi) is 5.73. The van der Waals surface area contributed by atoms with Crippen LogP contribution in [0.5, 0.6) is 5.75 Å². The number of carbonyl (C=O) groups excluding carboxylic acids is 1. The summed E-state index contributed by atoms with van der Waals surface area (Å²) < 4.78 is 44.9. The number of hydrogen-bond donors (Lipinski definition) is 2. The molecule has 9 heteroatoms. The number of methoxy groups -OCH3 is 1. The first-order valence-electron chi connectivity index (χ1n) is 8.11. The van der Waals surface area contributed by atoms with Gasteiger partial charge in [0.2, 0.25) is 5.95 Å². The van der Waals surface area contributed by atoms with Gasteiger partial charge >= 0.3 is 0 Å². The predicted molar refractivity (Wildman–Crippen MR) is 95.8 cm³/mol. The average molecular weight is 388 g/mol. The lowest BCUT2D eigenvalue weighted by atomic mass is 10.2. The Morgan fingerprint density at radius 1 is 1.00 bits per heavy atom. The van der Waals surface area contributed by atoms with E-state index in [1.165, 1.54) is 12.4 Å². The maximum Gasteiger partial charge on any atom is 0.254 e. The van der Waals surface area contributed by atoms with E-state index in [1.54, 1.807) is 19.2 Å². The van der Waals surface area contributed by atoms with Gasteiger partial charge in [-0.3, -0.25) is 4.79 Å². The molecule has 0 aliphatic heterocycles. The van der Waals surface area contributed by atoms with Crippen molar-refractivity contribution in [1.82, 2.24) is 15.3 Å². The fourth-order valence-electron chi connectivity index (χ4n) is 2.28. The Labute approximate surface area is 158 Å². The highest BCUT2D eigenvalue weighted by atomic mass is 19.2. The molecule has 0 unspecified atom stereocenters. The van der Waals surface area contributed by atoms with Crippen molar-refractivity contribution < 1.29 is 22.7 Å². The maximum atomic E-state index is 13.7. The highest BCUT2D eigenvalue weighted by molar-refractivity contribution is 5.93. The lowest BCUT2D eigenvalue weighted by molar-refractivity contribution is 0.0950. The first-order valence-corrected chi connectivity index (χ1v) is 8.11. The molecule has 0 spiro atoms. The molecule has 0 aliphatic rings. The molecule has 0 saturated carbocycles. The second kappa shape index (κ2) is 8.38. The van der Waals surface area contributed by atoms with Crippen molar-refractivity contribution in [3.63, 3.8) is 0 Å². The normalized spacial score (nSPS) is 10.4. The van der Waals surface area contributed by atoms with Crippen LogP contribution >= 0.6 is 0 Å². The smallest absolute Gasteiger partial charge is 0.254 e. The van der Waals surface area contributed by atoms with Crippen LogP contribution in [0.3, 0.4) is 0 Å². The SMILES string of the molecule is COc1ccc(CNC(=O)c2cnc(Nc3ccc(F)c(F)c3F)nc2)cc1. The van der Waals surface area contributed by atoms with Gasteiger partial charge in [0.25, 0.3) is 5.91 Å². The van der Waals surface area contributed by atoms with Gasteiger partial charge in [-0.05, 0) is 29.8 Å². The van der Waals surface area contributed by atoms with Crippen LogP contribution < -0.4 is 15.4 Å². The number of carbonyl (C=O) groups is 1. The summed E-state index contributed by atoms with van der Waals surface area (Å²) in [4.78, 5) is 19.9. The topological polar surface area (TPSA) is 76.1 Å². The van der Waals surface area contributed by atoms with Gasteiger partial charge in [-0.2, -0.15) is 0 Å². The van der Waals surface area contributed by atoms with Crippen molar-refractivity contribution in [2.24, 2.45) is 0 Å². The summed E-state index contributed by atoms with van der Waals surface area (Å²) in [7, 11) is 1.57. The third kappa shape index (κ3) is 4.37. The summed E-state index contributed by atoms with van der Waals surface area (Å²) in [5, 5.41) is 5.14. The minimum absolute atomic E-state index is 0.0726. The Morgan fingerprint density at radius 3 is 2.32 bits per heavy atom. The number of rotatable bonds is 6. The van der Waals surface area contributed by atoms with Crippen molar-refractivity contribution >= 4 is 17.5 Å². The number of nitrogens with zero attached hydrogens (tertiary/aromatic N) is 2. The van der Waals surface area contributed by atoms with E-state index in [0.717, 1.165) is 17.7 Å². The first-order chi connectivity index (χ1) is 13.5. The molecule has 0 saturated heterocycles. The fraction of sp³-hybridized carbons (Fsp3) is 0.105. The highest BCUT2D eigenvalue weighted by Gasteiger charge is 2.14. The van der Waals surface area contributed by atoms with E-state index < -0.39 is 23.4 Å². The van der Waals surface area contributed by atoms with Crippen LogP contribution in [-0.2, 0) is 6.54 Å². The Balaban J connectivity index is 1.61. The number of ether oxygens (including phenoxy) is 1. The Bertz CT molecular complexity index is 980. The van der Waals surface area contributed by atoms with E-state index in [4.69, 9.17) is 4.74 Å². The third-order valence-electron chi connectivity index (χ3n) is 3.81. The number of benzene rings is 2. The van der Waals surface area contributed by atoms with Crippen molar-refractivity contribution in [2.75, 3.05) is 12.4 Å². The molecule has 144 valence electrons. The number of aromatic nitrogens is 2. The lowest BCUT2D eigenvalue weighted by Crippen LogP contribution is -2.23. The van der Waals surface area contributed by atoms with Crippen molar-refractivity contribution in [3.05, 3.63) is 77.4 Å². The summed E-state index contributed by atoms with van der Waals surface area (Å²) in [6.45, 7) is 0.295. The van der Waals surface area contributed by atoms with E-state index >= 15 is 0 Å². The Morgan fingerprint density at radius 2 is 1.68 bits per heavy atom. The summed E-state index contributed by atoms with van der Waals surface area (Å²) in [5.74, 6) is -4.04. The predicted octanol–water partition coefficient (Wildman–Crippen LogP) is 3.58. The summed E-state index contributed by atoms with van der Waals surface area (Å²) in [6.07, 6.45) is 2.47. The van der Waals surface area contributed by atoms with Gasteiger partial charge in [0.1, 0.15) is 5.75 Å². The van der Waals surface area contributed by atoms with E-state index in [1.807, 2.05) is 12.1 Å². The number of hydrogen-bond acceptors (Lipinski definition) is 5. The minimum atomic E-state index is -1.60. The molecule has 0 aliphatic carbocycles. The molecule has 1 heterocycles. The van der Waals surface area contributed by atoms with Gasteiger partial charge < -0.3 is 15.4 Å². The molecule has 6 nitrogen and oxygen atoms in total. The number of halogens is 3. The first kappa shape index (κ1) is 19.2. The summed E-state index contributed by atoms with van der Waals surface area (Å²) in [6, 6.07) is 9.00. The van der Waals surface area contributed by atoms with Crippen LogP contribution in [0, 0.1) is 17.5 Å². The van der Waals surface area contributed by atoms with Crippen LogP contribution in [-0.4, -0.2) is 23.0 Å². The average Bonchev–Trinajstić information content (AvgIpc) is 2.73. The zero-order valence-corrected chi connectivity index (χ0v) is 14.7. The molecule has 0 bridgehead atoms. The number of nitrogens with one attached hydrogen (secondary N) is 2. The standard InChI is InChI=1S/C19H15F3N4O2/c1-28-13-4-2-11(3-5-13)8-23-18(27)12-9-24-19(25-10-12)26-15-7-6-14(20)16(21)17(15)22/h2-7,9-10H,8H2,1H3,(H,23,27)(H,24,25,26). The summed E-state index contributed by atoms with van der Waals surface area (Å²) >= 11 is 0. The van der Waals surface area contributed by atoms with Gasteiger partial charge in [-0.25, -0.2) is 23.1 Å². The molecular weight excluding hydrogens is 373 g/mol. The van der Waals surface area contributed by atoms with Crippen LogP contribution in [0.15, 0.2) is 48.8 Å². The van der Waals surface area contributed by atoms with E-state index in [9.17, 15) is 18.0 Å². The second-order valence-corrected chi connectivity index (χ2v) is 5.67. The highest BCUT2D eigenvalue weighted by Crippen LogP contribution is 2.21. The van der Waals surface area contributed by atoms with Gasteiger partial charge in [0, 0.05) is 18.9 Å². The van der Waals surface area contributed by atoms with Crippen molar-refractivity contribution in [2.45, 2.75) is 6.54 Å². The largest absolute Gasteiger partial charge is 0.497 e. The van der Waals surface area contributed by atoms with Crippen LogP contribution in [0.1, 0.15) is 15.9 Å². The molecule has 28 heavy (non-hydrogen) atoms. The molecule has 3 aromatic rings. The molecule has 1 amide bonds. The minimum Gasteiger partial charge on any atom is -0.497 e. The molecule has 3 rings (SSSR count). The molecule has 2 aromatic carbocycles. The Hall–Kier alpha value is -3.62. The van der Waals surface area contributed by atoms with Crippen molar-refractivity contribution in [1.29, 1.82) is 0 Å². The molecular formula is C19H15F3N4O2. The molecule has 0 radical (unpaired) electrons. The number of amides is 1. The maximum absolute atomic E-state index is 13.7. The number of anilines is 2. The third-order valence-corrected chi connectivity index (χ3v) is 3.81. The van der Waals surface area contributed by atoms with Crippen LogP contribution in [0.25, 0.3) is 0 Å². The zero-order valence-electron chi connectivity index (χ0n) is 14.7. The van der Waals surface area contributed by atoms with Gasteiger partial charge in [-0.15, -0.1) is 0 Å². The quantitative estimate of drug-likeness (QED) is 0.632. The van der Waals surface area contributed by atoms with Crippen molar-refractivity contribution in [3.8, 4) is 5.75 Å². The lowest BCUT2D eigenvalue weighted by Gasteiger charge is -2.08. The van der Waals surface area contributed by atoms with E-state index in [-0.39, 0.29) is 17.2 Å². The molecule has 0 fully saturated rings. The van der Waals surface area contributed by atoms with Gasteiger partial charge in [-0.1, -0.05) is 12.1 Å². The zero-order chi connectivity index (χ0) is 20.1. The second-order valence-electron chi connectivity index (χ2n) is 5.67. The summed E-state index contributed by atoms with van der Waals surface area (Å²) in [5.41, 5.74) is 0.739. The molecule has 1 aromatic heterocycles. The van der Waals surface area contributed by atoms with E-state index in [0.29, 0.717) is 12.3 Å². The van der Waals surface area contributed by atoms with Gasteiger partial charge in [0.15, 0.2) is 17.5 Å². The van der Waals surface area contributed by atoms with E-state index in [2.05, 4.69) is 20.6 Å². The fourth-order valence-corrected chi connectivity index (χ4v) is 2.28.